The third-order valence-corrected chi connectivity index (χ3v) is 4.32. The minimum atomic E-state index is -0.0745. The Morgan fingerprint density at radius 1 is 0.500 bits per heavy atom. The van der Waals surface area contributed by atoms with E-state index in [1.54, 1.807) is 36.4 Å². The van der Waals surface area contributed by atoms with Crippen LogP contribution in [0.25, 0.3) is 0 Å². The molecule has 1 aliphatic heterocycles. The molecule has 0 amide bonds. The number of rotatable bonds is 2. The predicted octanol–water partition coefficient (Wildman–Crippen LogP) is 1.93. The summed E-state index contributed by atoms with van der Waals surface area (Å²) < 4.78 is 34.2. The molecule has 1 heterocycles. The van der Waals surface area contributed by atoms with Gasteiger partial charge in [0.1, 0.15) is 26.4 Å². The molecule has 0 fully saturated rings. The normalized spacial score (nSPS) is 16.3. The number of hydrogen-bond donors (Lipinski definition) is 2. The molecule has 0 saturated carbocycles. The standard InChI is InChI=1S/C22H28O8/c23-15-17-1-3-19-21(13-17)29-11-7-26-6-10-28-20-4-2-18(16-24)14-22(20)30-12-8-25-5-9-27-19/h1-4,13-14,23-24H,5-12,15-16H2. The van der Waals surface area contributed by atoms with Gasteiger partial charge in [-0.1, -0.05) is 12.1 Å². The molecule has 2 aromatic carbocycles. The van der Waals surface area contributed by atoms with Crippen LogP contribution in [0, 0.1) is 0 Å². The van der Waals surface area contributed by atoms with Gasteiger partial charge in [0.25, 0.3) is 0 Å². The van der Waals surface area contributed by atoms with Gasteiger partial charge in [0.05, 0.1) is 39.6 Å². The van der Waals surface area contributed by atoms with Gasteiger partial charge in [0.2, 0.25) is 0 Å². The van der Waals surface area contributed by atoms with E-state index >= 15 is 0 Å². The Morgan fingerprint density at radius 3 is 1.23 bits per heavy atom. The minimum Gasteiger partial charge on any atom is -0.487 e. The van der Waals surface area contributed by atoms with Gasteiger partial charge in [-0.3, -0.25) is 0 Å². The first-order chi connectivity index (χ1) is 14.8. The molecule has 2 aromatic rings. The lowest BCUT2D eigenvalue weighted by atomic mass is 10.2. The van der Waals surface area contributed by atoms with Gasteiger partial charge >= 0.3 is 0 Å². The third kappa shape index (κ3) is 6.77. The fraction of sp³-hybridized carbons (Fsp3) is 0.455. The van der Waals surface area contributed by atoms with E-state index in [-0.39, 0.29) is 13.2 Å². The molecule has 8 nitrogen and oxygen atoms in total. The lowest BCUT2D eigenvalue weighted by molar-refractivity contribution is 0.0639. The number of hydrogen-bond acceptors (Lipinski definition) is 8. The Kier molecular flexibility index (Phi) is 9.04. The molecule has 0 bridgehead atoms. The molecule has 0 spiro atoms. The van der Waals surface area contributed by atoms with Crippen molar-refractivity contribution in [2.45, 2.75) is 13.2 Å². The van der Waals surface area contributed by atoms with Crippen LogP contribution in [0.1, 0.15) is 11.1 Å². The van der Waals surface area contributed by atoms with Crippen LogP contribution >= 0.6 is 0 Å². The molecule has 0 atom stereocenters. The number of ether oxygens (including phenoxy) is 6. The summed E-state index contributed by atoms with van der Waals surface area (Å²) in [6.45, 7) is 2.73. The number of fused-ring (bicyclic) bond motifs is 2. The average Bonchev–Trinajstić information content (AvgIpc) is 2.78. The van der Waals surface area contributed by atoms with E-state index in [9.17, 15) is 10.2 Å². The number of aliphatic hydroxyl groups excluding tert-OH is 2. The SMILES string of the molecule is OCc1ccc2c(c1)OCCOCCOc1ccc(CO)cc1OCCOCCO2. The van der Waals surface area contributed by atoms with Crippen LogP contribution < -0.4 is 18.9 Å². The molecular weight excluding hydrogens is 392 g/mol. The van der Waals surface area contributed by atoms with Crippen molar-refractivity contribution in [2.24, 2.45) is 0 Å². The van der Waals surface area contributed by atoms with E-state index in [2.05, 4.69) is 0 Å². The largest absolute Gasteiger partial charge is 0.487 e. The second-order valence-corrected chi connectivity index (χ2v) is 6.50. The predicted molar refractivity (Wildman–Crippen MR) is 108 cm³/mol. The lowest BCUT2D eigenvalue weighted by Crippen LogP contribution is -2.15. The van der Waals surface area contributed by atoms with Gasteiger partial charge in [-0.2, -0.15) is 0 Å². The molecule has 8 heteroatoms. The topological polar surface area (TPSA) is 95.8 Å². The smallest absolute Gasteiger partial charge is 0.161 e. The summed E-state index contributed by atoms with van der Waals surface area (Å²) in [5.41, 5.74) is 1.48. The minimum absolute atomic E-state index is 0.0745. The van der Waals surface area contributed by atoms with Crippen molar-refractivity contribution in [3.63, 3.8) is 0 Å². The molecule has 0 aromatic heterocycles. The van der Waals surface area contributed by atoms with Crippen LogP contribution in [-0.2, 0) is 22.7 Å². The average molecular weight is 420 g/mol. The van der Waals surface area contributed by atoms with E-state index in [0.717, 1.165) is 11.1 Å². The molecule has 0 aliphatic carbocycles. The molecule has 30 heavy (non-hydrogen) atoms. The van der Waals surface area contributed by atoms with Gasteiger partial charge in [0.15, 0.2) is 23.0 Å². The summed E-state index contributed by atoms with van der Waals surface area (Å²) in [5, 5.41) is 18.7. The maximum Gasteiger partial charge on any atom is 0.161 e. The molecule has 2 N–H and O–H groups in total. The van der Waals surface area contributed by atoms with E-state index in [1.165, 1.54) is 0 Å². The number of benzene rings is 2. The first-order valence-corrected chi connectivity index (χ1v) is 9.94. The maximum atomic E-state index is 9.34. The summed E-state index contributed by atoms with van der Waals surface area (Å²) in [5.74, 6) is 2.28. The Balaban J connectivity index is 1.61. The second-order valence-electron chi connectivity index (χ2n) is 6.50. The first kappa shape index (κ1) is 22.2. The summed E-state index contributed by atoms with van der Waals surface area (Å²) >= 11 is 0. The zero-order valence-corrected chi connectivity index (χ0v) is 16.9. The second kappa shape index (κ2) is 12.2. The van der Waals surface area contributed by atoms with Crippen molar-refractivity contribution in [1.29, 1.82) is 0 Å². The molecule has 3 rings (SSSR count). The van der Waals surface area contributed by atoms with Crippen LogP contribution in [0.3, 0.4) is 0 Å². The monoisotopic (exact) mass is 420 g/mol. The van der Waals surface area contributed by atoms with Crippen molar-refractivity contribution in [2.75, 3.05) is 52.9 Å². The third-order valence-electron chi connectivity index (χ3n) is 4.32. The molecule has 164 valence electrons. The lowest BCUT2D eigenvalue weighted by Gasteiger charge is -2.16. The van der Waals surface area contributed by atoms with Gasteiger partial charge in [0, 0.05) is 0 Å². The molecule has 0 unspecified atom stereocenters. The van der Waals surface area contributed by atoms with Crippen LogP contribution in [0.15, 0.2) is 36.4 Å². The molecular formula is C22H28O8. The quantitative estimate of drug-likeness (QED) is 0.761. The van der Waals surface area contributed by atoms with Crippen LogP contribution in [0.2, 0.25) is 0 Å². The molecule has 1 aliphatic rings. The van der Waals surface area contributed by atoms with Crippen molar-refractivity contribution in [3.05, 3.63) is 47.5 Å². The highest BCUT2D eigenvalue weighted by Gasteiger charge is 2.09. The van der Waals surface area contributed by atoms with Crippen molar-refractivity contribution >= 4 is 0 Å². The summed E-state index contributed by atoms with van der Waals surface area (Å²) in [4.78, 5) is 0. The fourth-order valence-electron chi connectivity index (χ4n) is 2.81. The van der Waals surface area contributed by atoms with Gasteiger partial charge in [-0.15, -0.1) is 0 Å². The maximum absolute atomic E-state index is 9.34. The van der Waals surface area contributed by atoms with E-state index in [0.29, 0.717) is 75.9 Å². The molecule has 0 saturated heterocycles. The van der Waals surface area contributed by atoms with E-state index in [4.69, 9.17) is 28.4 Å². The van der Waals surface area contributed by atoms with E-state index < -0.39 is 0 Å². The van der Waals surface area contributed by atoms with E-state index in [1.807, 2.05) is 0 Å². The first-order valence-electron chi connectivity index (χ1n) is 9.94. The van der Waals surface area contributed by atoms with Crippen molar-refractivity contribution < 1.29 is 38.6 Å². The Hall–Kier alpha value is -2.52. The van der Waals surface area contributed by atoms with Crippen LogP contribution in [0.5, 0.6) is 23.0 Å². The highest BCUT2D eigenvalue weighted by molar-refractivity contribution is 5.43. The van der Waals surface area contributed by atoms with Crippen LogP contribution in [0.4, 0.5) is 0 Å². The summed E-state index contributed by atoms with van der Waals surface area (Å²) in [7, 11) is 0. The highest BCUT2D eigenvalue weighted by atomic mass is 16.6. The Bertz CT molecular complexity index is 714. The number of aliphatic hydroxyl groups is 2. The highest BCUT2D eigenvalue weighted by Crippen LogP contribution is 2.29. The Labute approximate surface area is 175 Å². The van der Waals surface area contributed by atoms with Crippen molar-refractivity contribution in [3.8, 4) is 23.0 Å². The Morgan fingerprint density at radius 2 is 0.867 bits per heavy atom. The molecule has 0 radical (unpaired) electrons. The van der Waals surface area contributed by atoms with Gasteiger partial charge in [-0.25, -0.2) is 0 Å². The van der Waals surface area contributed by atoms with Gasteiger partial charge < -0.3 is 38.6 Å². The van der Waals surface area contributed by atoms with Gasteiger partial charge in [-0.05, 0) is 35.4 Å². The summed E-state index contributed by atoms with van der Waals surface area (Å²) in [6, 6.07) is 10.6. The zero-order chi connectivity index (χ0) is 21.0. The summed E-state index contributed by atoms with van der Waals surface area (Å²) in [6.07, 6.45) is 0. The zero-order valence-electron chi connectivity index (χ0n) is 16.9. The van der Waals surface area contributed by atoms with Crippen molar-refractivity contribution in [1.82, 2.24) is 0 Å². The fourth-order valence-corrected chi connectivity index (χ4v) is 2.81. The van der Waals surface area contributed by atoms with Crippen LogP contribution in [-0.4, -0.2) is 63.1 Å².